The Labute approximate surface area is 145 Å². The van der Waals surface area contributed by atoms with Crippen LogP contribution in [0.5, 0.6) is 0 Å². The number of amides is 1. The summed E-state index contributed by atoms with van der Waals surface area (Å²) < 4.78 is 0. The average molecular weight is 332 g/mol. The number of hydrogen-bond donors (Lipinski definition) is 1. The van der Waals surface area contributed by atoms with Gasteiger partial charge in [-0.05, 0) is 42.1 Å². The summed E-state index contributed by atoms with van der Waals surface area (Å²) >= 11 is 1.61. The van der Waals surface area contributed by atoms with E-state index in [1.54, 1.807) is 35.6 Å². The first kappa shape index (κ1) is 16.0. The number of aryl methyl sites for hydroxylation is 1. The van der Waals surface area contributed by atoms with E-state index in [4.69, 9.17) is 5.26 Å². The fourth-order valence-corrected chi connectivity index (χ4v) is 3.28. The molecule has 0 fully saturated rings. The number of benzene rings is 2. The van der Waals surface area contributed by atoms with Gasteiger partial charge in [0.05, 0.1) is 17.7 Å². The molecule has 0 unspecified atom stereocenters. The van der Waals surface area contributed by atoms with Crippen LogP contribution in [0.4, 0.5) is 0 Å². The van der Waals surface area contributed by atoms with E-state index < -0.39 is 0 Å². The molecule has 0 spiro atoms. The fourth-order valence-electron chi connectivity index (χ4n) is 2.48. The Bertz CT molecular complexity index is 877. The molecule has 1 heterocycles. The molecule has 3 aromatic rings. The second kappa shape index (κ2) is 7.12. The van der Waals surface area contributed by atoms with Crippen LogP contribution in [0, 0.1) is 18.3 Å². The Balaban J connectivity index is 1.91. The first-order valence-corrected chi connectivity index (χ1v) is 8.46. The maximum Gasteiger partial charge on any atom is 0.252 e. The highest BCUT2D eigenvalue weighted by atomic mass is 32.1. The van der Waals surface area contributed by atoms with Crippen molar-refractivity contribution in [2.75, 3.05) is 0 Å². The fraction of sp³-hybridized carbons (Fsp3) is 0.100. The smallest absolute Gasteiger partial charge is 0.252 e. The number of nitriles is 1. The van der Waals surface area contributed by atoms with E-state index >= 15 is 0 Å². The predicted molar refractivity (Wildman–Crippen MR) is 96.0 cm³/mol. The molecule has 3 rings (SSSR count). The molecule has 24 heavy (non-hydrogen) atoms. The molecule has 0 aliphatic carbocycles. The van der Waals surface area contributed by atoms with Gasteiger partial charge in [-0.15, -0.1) is 11.3 Å². The maximum atomic E-state index is 12.6. The minimum atomic E-state index is -0.205. The Morgan fingerprint density at radius 1 is 1.12 bits per heavy atom. The lowest BCUT2D eigenvalue weighted by molar-refractivity contribution is 0.0943. The third-order valence-corrected chi connectivity index (χ3v) is 4.70. The molecule has 3 nitrogen and oxygen atoms in total. The molecular formula is C20H16N2OS. The molecule has 1 amide bonds. The number of carbonyl (C=O) groups is 1. The third-order valence-electron chi connectivity index (χ3n) is 3.77. The van der Waals surface area contributed by atoms with Crippen LogP contribution < -0.4 is 5.32 Å². The number of carbonyl (C=O) groups excluding carboxylic acids is 1. The second-order valence-corrected chi connectivity index (χ2v) is 6.50. The topological polar surface area (TPSA) is 52.9 Å². The zero-order valence-electron chi connectivity index (χ0n) is 13.2. The van der Waals surface area contributed by atoms with E-state index in [2.05, 4.69) is 11.4 Å². The van der Waals surface area contributed by atoms with Crippen LogP contribution in [0.1, 0.15) is 38.0 Å². The summed E-state index contributed by atoms with van der Waals surface area (Å²) in [6, 6.07) is 20.7. The van der Waals surface area contributed by atoms with Crippen molar-refractivity contribution in [3.05, 3.63) is 93.2 Å². The summed E-state index contributed by atoms with van der Waals surface area (Å²) in [5.74, 6) is -0.189. The largest absolute Gasteiger partial charge is 0.340 e. The molecule has 0 aliphatic heterocycles. The maximum absolute atomic E-state index is 12.6. The number of nitrogens with zero attached hydrogens (tertiary/aromatic N) is 1. The summed E-state index contributed by atoms with van der Waals surface area (Å²) in [6.45, 7) is 2.04. The lowest BCUT2D eigenvalue weighted by atomic mass is 10.0. The molecule has 1 N–H and O–H groups in total. The van der Waals surface area contributed by atoms with Crippen LogP contribution >= 0.6 is 11.3 Å². The van der Waals surface area contributed by atoms with Crippen LogP contribution in [0.2, 0.25) is 0 Å². The highest BCUT2D eigenvalue weighted by molar-refractivity contribution is 7.10. The van der Waals surface area contributed by atoms with Crippen LogP contribution in [0.25, 0.3) is 0 Å². The summed E-state index contributed by atoms with van der Waals surface area (Å²) in [5.41, 5.74) is 3.18. The van der Waals surface area contributed by atoms with Gasteiger partial charge in [0.2, 0.25) is 0 Å². The summed E-state index contributed by atoms with van der Waals surface area (Å²) in [6.07, 6.45) is 0. The van der Waals surface area contributed by atoms with E-state index in [0.717, 1.165) is 10.4 Å². The number of rotatable bonds is 4. The van der Waals surface area contributed by atoms with Gasteiger partial charge in [-0.3, -0.25) is 4.79 Å². The van der Waals surface area contributed by atoms with Crippen LogP contribution in [-0.2, 0) is 0 Å². The Morgan fingerprint density at radius 3 is 2.58 bits per heavy atom. The van der Waals surface area contributed by atoms with E-state index in [-0.39, 0.29) is 11.9 Å². The van der Waals surface area contributed by atoms with E-state index in [1.165, 1.54) is 5.56 Å². The zero-order valence-corrected chi connectivity index (χ0v) is 14.0. The molecule has 0 saturated carbocycles. The molecule has 1 aromatic heterocycles. The van der Waals surface area contributed by atoms with E-state index in [0.29, 0.717) is 11.1 Å². The van der Waals surface area contributed by atoms with Crippen molar-refractivity contribution in [2.24, 2.45) is 0 Å². The van der Waals surface area contributed by atoms with Crippen molar-refractivity contribution >= 4 is 17.2 Å². The normalized spacial score (nSPS) is 11.5. The van der Waals surface area contributed by atoms with Crippen molar-refractivity contribution < 1.29 is 4.79 Å². The Kier molecular flexibility index (Phi) is 4.74. The molecule has 0 aliphatic rings. The van der Waals surface area contributed by atoms with Gasteiger partial charge in [-0.2, -0.15) is 5.26 Å². The summed E-state index contributed by atoms with van der Waals surface area (Å²) in [4.78, 5) is 13.7. The molecule has 1 atom stereocenters. The molecule has 118 valence electrons. The van der Waals surface area contributed by atoms with Gasteiger partial charge in [0, 0.05) is 10.4 Å². The summed E-state index contributed by atoms with van der Waals surface area (Å²) in [5, 5.41) is 14.1. The molecule has 0 saturated heterocycles. The van der Waals surface area contributed by atoms with Gasteiger partial charge in [-0.25, -0.2) is 0 Å². The van der Waals surface area contributed by atoms with Gasteiger partial charge in [-0.1, -0.05) is 42.0 Å². The lowest BCUT2D eigenvalue weighted by Crippen LogP contribution is -2.28. The average Bonchev–Trinajstić information content (AvgIpc) is 3.15. The second-order valence-electron chi connectivity index (χ2n) is 5.53. The quantitative estimate of drug-likeness (QED) is 0.767. The molecule has 2 aromatic carbocycles. The number of nitrogens with one attached hydrogen (secondary N) is 1. The highest BCUT2D eigenvalue weighted by Gasteiger charge is 2.19. The standard InChI is InChI=1S/C20H16N2OS/c1-14-7-9-16(10-8-14)19(18-6-3-11-24-18)22-20(23)17-5-2-4-15(12-17)13-21/h2-12,19H,1H3,(H,22,23)/t19-/m0/s1. The zero-order chi connectivity index (χ0) is 16.9. The van der Waals surface area contributed by atoms with Crippen molar-refractivity contribution in [3.8, 4) is 6.07 Å². The van der Waals surface area contributed by atoms with Crippen LogP contribution in [-0.4, -0.2) is 5.91 Å². The first-order valence-electron chi connectivity index (χ1n) is 7.58. The van der Waals surface area contributed by atoms with Crippen molar-refractivity contribution in [3.63, 3.8) is 0 Å². The van der Waals surface area contributed by atoms with Gasteiger partial charge in [0.25, 0.3) is 5.91 Å². The van der Waals surface area contributed by atoms with Crippen molar-refractivity contribution in [1.82, 2.24) is 5.32 Å². The van der Waals surface area contributed by atoms with Gasteiger partial charge < -0.3 is 5.32 Å². The molecule has 0 radical (unpaired) electrons. The van der Waals surface area contributed by atoms with Gasteiger partial charge in [0.15, 0.2) is 0 Å². The SMILES string of the molecule is Cc1ccc([C@H](NC(=O)c2cccc(C#N)c2)c2cccs2)cc1. The number of hydrogen-bond acceptors (Lipinski definition) is 3. The summed E-state index contributed by atoms with van der Waals surface area (Å²) in [7, 11) is 0. The van der Waals surface area contributed by atoms with E-state index in [1.807, 2.05) is 48.7 Å². The van der Waals surface area contributed by atoms with Crippen LogP contribution in [0.15, 0.2) is 66.0 Å². The highest BCUT2D eigenvalue weighted by Crippen LogP contribution is 2.26. The molecule has 0 bridgehead atoms. The van der Waals surface area contributed by atoms with Gasteiger partial charge in [0.1, 0.15) is 0 Å². The van der Waals surface area contributed by atoms with E-state index in [9.17, 15) is 4.79 Å². The molecule has 4 heteroatoms. The lowest BCUT2D eigenvalue weighted by Gasteiger charge is -2.18. The minimum absolute atomic E-state index is 0.189. The predicted octanol–water partition coefficient (Wildman–Crippen LogP) is 4.45. The Morgan fingerprint density at radius 2 is 1.92 bits per heavy atom. The Hall–Kier alpha value is -2.90. The van der Waals surface area contributed by atoms with Crippen LogP contribution in [0.3, 0.4) is 0 Å². The number of thiophene rings is 1. The van der Waals surface area contributed by atoms with Crippen molar-refractivity contribution in [2.45, 2.75) is 13.0 Å². The van der Waals surface area contributed by atoms with Gasteiger partial charge >= 0.3 is 0 Å². The monoisotopic (exact) mass is 332 g/mol. The van der Waals surface area contributed by atoms with Crippen molar-refractivity contribution in [1.29, 1.82) is 5.26 Å². The first-order chi connectivity index (χ1) is 11.7. The molecular weight excluding hydrogens is 316 g/mol. The third kappa shape index (κ3) is 3.53. The minimum Gasteiger partial charge on any atom is -0.340 e.